The van der Waals surface area contributed by atoms with Crippen molar-refractivity contribution >= 4 is 21.7 Å². The molecule has 2 N–H and O–H groups in total. The lowest BCUT2D eigenvalue weighted by atomic mass is 10.2. The van der Waals surface area contributed by atoms with E-state index in [2.05, 4.69) is 31.2 Å². The molecule has 1 unspecified atom stereocenters. The zero-order valence-electron chi connectivity index (χ0n) is 10.3. The highest BCUT2D eigenvalue weighted by atomic mass is 79.9. The second kappa shape index (κ2) is 5.49. The van der Waals surface area contributed by atoms with Crippen molar-refractivity contribution in [2.75, 3.05) is 12.4 Å². The van der Waals surface area contributed by atoms with Gasteiger partial charge in [-0.25, -0.2) is 9.97 Å². The third-order valence-electron chi connectivity index (χ3n) is 2.58. The topological polar surface area (TPSA) is 61.3 Å². The maximum Gasteiger partial charge on any atom is 0.167 e. The zero-order valence-corrected chi connectivity index (χ0v) is 11.8. The minimum atomic E-state index is -0.702. The van der Waals surface area contributed by atoms with Gasteiger partial charge in [0.25, 0.3) is 0 Å². The average Bonchev–Trinajstić information content (AvgIpc) is 2.35. The highest BCUT2D eigenvalue weighted by molar-refractivity contribution is 9.11. The van der Waals surface area contributed by atoms with E-state index in [1.807, 2.05) is 19.2 Å². The summed E-state index contributed by atoms with van der Waals surface area (Å²) in [5, 5.41) is 13.1. The van der Waals surface area contributed by atoms with Crippen LogP contribution in [0.25, 0.3) is 0 Å². The first-order chi connectivity index (χ1) is 8.60. The molecule has 0 bridgehead atoms. The SMILES string of the molecule is CCc1nccc(NC2=CC(Br)=CN(C)C2O)n1. The van der Waals surface area contributed by atoms with Gasteiger partial charge in [-0.05, 0) is 28.1 Å². The Kier molecular flexibility index (Phi) is 3.98. The van der Waals surface area contributed by atoms with Crippen LogP contribution in [0.1, 0.15) is 12.7 Å². The summed E-state index contributed by atoms with van der Waals surface area (Å²) in [5.74, 6) is 1.46. The van der Waals surface area contributed by atoms with Gasteiger partial charge in [0.1, 0.15) is 11.6 Å². The van der Waals surface area contributed by atoms with Crippen LogP contribution in [0, 0.1) is 0 Å². The molecule has 5 nitrogen and oxygen atoms in total. The fourth-order valence-electron chi connectivity index (χ4n) is 1.63. The van der Waals surface area contributed by atoms with E-state index in [0.717, 1.165) is 16.7 Å². The fraction of sp³-hybridized carbons (Fsp3) is 0.333. The maximum atomic E-state index is 10.0. The Bertz CT molecular complexity index is 501. The lowest BCUT2D eigenvalue weighted by molar-refractivity contribution is 0.0868. The molecule has 2 rings (SSSR count). The zero-order chi connectivity index (χ0) is 13.1. The molecule has 0 radical (unpaired) electrons. The number of likely N-dealkylation sites (N-methyl/N-ethyl adjacent to an activating group) is 1. The molecule has 1 aromatic heterocycles. The molecule has 0 amide bonds. The first kappa shape index (κ1) is 13.0. The van der Waals surface area contributed by atoms with Crippen molar-refractivity contribution in [1.82, 2.24) is 14.9 Å². The summed E-state index contributed by atoms with van der Waals surface area (Å²) in [7, 11) is 1.80. The Morgan fingerprint density at radius 1 is 1.56 bits per heavy atom. The van der Waals surface area contributed by atoms with E-state index < -0.39 is 6.23 Å². The molecule has 0 fully saturated rings. The predicted octanol–water partition coefficient (Wildman–Crippen LogP) is 1.83. The van der Waals surface area contributed by atoms with Crippen LogP contribution < -0.4 is 5.32 Å². The Morgan fingerprint density at radius 2 is 2.33 bits per heavy atom. The number of halogens is 1. The standard InChI is InChI=1S/C12H15BrN4O/c1-3-10-14-5-4-11(16-10)15-9-6-8(13)7-17(2)12(9)18/h4-7,12,18H,3H2,1-2H3,(H,14,15,16). The number of aromatic nitrogens is 2. The van der Waals surface area contributed by atoms with Crippen LogP contribution in [0.3, 0.4) is 0 Å². The van der Waals surface area contributed by atoms with Crippen molar-refractivity contribution < 1.29 is 5.11 Å². The number of rotatable bonds is 3. The fourth-order valence-corrected chi connectivity index (χ4v) is 2.20. The first-order valence-corrected chi connectivity index (χ1v) is 6.47. The first-order valence-electron chi connectivity index (χ1n) is 5.68. The highest BCUT2D eigenvalue weighted by Crippen LogP contribution is 2.22. The summed E-state index contributed by atoms with van der Waals surface area (Å²) < 4.78 is 0.891. The Balaban J connectivity index is 2.20. The number of anilines is 1. The molecular weight excluding hydrogens is 296 g/mol. The van der Waals surface area contributed by atoms with Crippen molar-refractivity contribution in [2.24, 2.45) is 0 Å². The quantitative estimate of drug-likeness (QED) is 0.892. The molecule has 1 aliphatic heterocycles. The molecule has 1 atom stereocenters. The number of nitrogens with zero attached hydrogens (tertiary/aromatic N) is 3. The molecule has 0 saturated heterocycles. The van der Waals surface area contributed by atoms with E-state index in [-0.39, 0.29) is 0 Å². The smallest absolute Gasteiger partial charge is 0.167 e. The van der Waals surface area contributed by atoms with Crippen LogP contribution >= 0.6 is 15.9 Å². The second-order valence-electron chi connectivity index (χ2n) is 3.99. The van der Waals surface area contributed by atoms with Crippen LogP contribution in [0.4, 0.5) is 5.82 Å². The van der Waals surface area contributed by atoms with Crippen molar-refractivity contribution in [2.45, 2.75) is 19.6 Å². The molecule has 1 aliphatic rings. The lowest BCUT2D eigenvalue weighted by Crippen LogP contribution is -2.34. The molecule has 0 aromatic carbocycles. The normalized spacial score (nSPS) is 19.3. The summed E-state index contributed by atoms with van der Waals surface area (Å²) in [6.07, 6.45) is 5.43. The van der Waals surface area contributed by atoms with Gasteiger partial charge in [0, 0.05) is 30.3 Å². The van der Waals surface area contributed by atoms with Gasteiger partial charge in [-0.3, -0.25) is 0 Å². The van der Waals surface area contributed by atoms with E-state index >= 15 is 0 Å². The Labute approximate surface area is 114 Å². The third kappa shape index (κ3) is 2.88. The number of hydrogen-bond acceptors (Lipinski definition) is 5. The van der Waals surface area contributed by atoms with E-state index in [9.17, 15) is 5.11 Å². The average molecular weight is 311 g/mol. The minimum Gasteiger partial charge on any atom is -0.368 e. The largest absolute Gasteiger partial charge is 0.368 e. The molecule has 1 aromatic rings. The number of nitrogens with one attached hydrogen (secondary N) is 1. The molecule has 0 spiro atoms. The van der Waals surface area contributed by atoms with Gasteiger partial charge in [-0.1, -0.05) is 6.92 Å². The molecule has 0 saturated carbocycles. The number of aryl methyl sites for hydroxylation is 1. The van der Waals surface area contributed by atoms with E-state index in [0.29, 0.717) is 11.5 Å². The molecule has 18 heavy (non-hydrogen) atoms. The van der Waals surface area contributed by atoms with Crippen LogP contribution in [0.2, 0.25) is 0 Å². The van der Waals surface area contributed by atoms with Crippen molar-refractivity contribution in [3.8, 4) is 0 Å². The molecular formula is C12H15BrN4O. The molecule has 96 valence electrons. The highest BCUT2D eigenvalue weighted by Gasteiger charge is 2.19. The van der Waals surface area contributed by atoms with Crippen molar-refractivity contribution in [1.29, 1.82) is 0 Å². The van der Waals surface area contributed by atoms with E-state index in [4.69, 9.17) is 0 Å². The Morgan fingerprint density at radius 3 is 3.06 bits per heavy atom. The van der Waals surface area contributed by atoms with E-state index in [1.165, 1.54) is 0 Å². The van der Waals surface area contributed by atoms with Crippen molar-refractivity contribution in [3.05, 3.63) is 40.5 Å². The van der Waals surface area contributed by atoms with Gasteiger partial charge in [-0.2, -0.15) is 0 Å². The Hall–Kier alpha value is -1.40. The second-order valence-corrected chi connectivity index (χ2v) is 4.91. The summed E-state index contributed by atoms with van der Waals surface area (Å²) >= 11 is 3.40. The molecule has 0 aliphatic carbocycles. The number of hydrogen-bond donors (Lipinski definition) is 2. The number of allylic oxidation sites excluding steroid dienone is 2. The van der Waals surface area contributed by atoms with Gasteiger partial charge in [0.2, 0.25) is 0 Å². The third-order valence-corrected chi connectivity index (χ3v) is 3.01. The van der Waals surface area contributed by atoms with E-state index in [1.54, 1.807) is 24.2 Å². The van der Waals surface area contributed by atoms with Crippen LogP contribution in [-0.4, -0.2) is 33.2 Å². The monoisotopic (exact) mass is 310 g/mol. The van der Waals surface area contributed by atoms with Gasteiger partial charge >= 0.3 is 0 Å². The lowest BCUT2D eigenvalue weighted by Gasteiger charge is -2.28. The van der Waals surface area contributed by atoms with Crippen LogP contribution in [0.5, 0.6) is 0 Å². The van der Waals surface area contributed by atoms with Gasteiger partial charge in [0.05, 0.1) is 5.70 Å². The minimum absolute atomic E-state index is 0.674. The summed E-state index contributed by atoms with van der Waals surface area (Å²) in [6.45, 7) is 2.00. The number of aliphatic hydroxyl groups is 1. The molecule has 2 heterocycles. The molecule has 6 heteroatoms. The number of aliphatic hydroxyl groups excluding tert-OH is 1. The van der Waals surface area contributed by atoms with Gasteiger partial charge < -0.3 is 15.3 Å². The van der Waals surface area contributed by atoms with Crippen molar-refractivity contribution in [3.63, 3.8) is 0 Å². The summed E-state index contributed by atoms with van der Waals surface area (Å²) in [6, 6.07) is 1.78. The van der Waals surface area contributed by atoms with Gasteiger partial charge in [0.15, 0.2) is 6.23 Å². The predicted molar refractivity (Wildman–Crippen MR) is 73.9 cm³/mol. The summed E-state index contributed by atoms with van der Waals surface area (Å²) in [5.41, 5.74) is 0.674. The maximum absolute atomic E-state index is 10.0. The van der Waals surface area contributed by atoms with Crippen LogP contribution in [0.15, 0.2) is 34.7 Å². The van der Waals surface area contributed by atoms with Crippen LogP contribution in [-0.2, 0) is 6.42 Å². The summed E-state index contributed by atoms with van der Waals surface area (Å²) in [4.78, 5) is 10.2. The van der Waals surface area contributed by atoms with Gasteiger partial charge in [-0.15, -0.1) is 0 Å².